The molecule has 3 aliphatic rings. The van der Waals surface area contributed by atoms with Gasteiger partial charge in [0.05, 0.1) is 19.9 Å². The third kappa shape index (κ3) is 6.29. The molecule has 3 aliphatic heterocycles. The van der Waals surface area contributed by atoms with Gasteiger partial charge in [-0.15, -0.1) is 0 Å². The maximum absolute atomic E-state index is 5.61. The number of piperidine rings is 1. The van der Waals surface area contributed by atoms with E-state index in [-0.39, 0.29) is 0 Å². The zero-order chi connectivity index (χ0) is 29.1. The Labute approximate surface area is 252 Å². The highest BCUT2D eigenvalue weighted by atomic mass is 16.5. The molecular weight excluding hydrogens is 522 g/mol. The Morgan fingerprint density at radius 3 is 2.14 bits per heavy atom. The number of H-pyrrole nitrogens is 1. The first kappa shape index (κ1) is 29.3. The maximum Gasteiger partial charge on any atom is 0.161 e. The van der Waals surface area contributed by atoms with Gasteiger partial charge in [0.2, 0.25) is 0 Å². The smallest absolute Gasteiger partial charge is 0.161 e. The molecule has 228 valence electrons. The number of aromatic nitrogens is 1. The van der Waals surface area contributed by atoms with Crippen molar-refractivity contribution in [3.63, 3.8) is 0 Å². The number of fused-ring (bicyclic) bond motifs is 1. The molecule has 0 aliphatic carbocycles. The average Bonchev–Trinajstić information content (AvgIpc) is 3.69. The number of piperazine rings is 1. The highest BCUT2D eigenvalue weighted by Crippen LogP contribution is 2.40. The monoisotopic (exact) mass is 573 g/mol. The third-order valence-electron chi connectivity index (χ3n) is 9.97. The zero-order valence-corrected chi connectivity index (χ0v) is 26.3. The first-order chi connectivity index (χ1) is 20.5. The number of likely N-dealkylation sites (tertiary alicyclic amines) is 1. The summed E-state index contributed by atoms with van der Waals surface area (Å²) in [6, 6.07) is 13.9. The van der Waals surface area contributed by atoms with Gasteiger partial charge in [-0.1, -0.05) is 13.8 Å². The lowest BCUT2D eigenvalue weighted by Gasteiger charge is -2.43. The molecule has 2 aromatic carbocycles. The largest absolute Gasteiger partial charge is 0.493 e. The molecule has 0 atom stereocenters. The summed E-state index contributed by atoms with van der Waals surface area (Å²) >= 11 is 0. The quantitative estimate of drug-likeness (QED) is 0.319. The van der Waals surface area contributed by atoms with Crippen molar-refractivity contribution in [1.29, 1.82) is 0 Å². The van der Waals surface area contributed by atoms with E-state index in [4.69, 9.17) is 9.47 Å². The van der Waals surface area contributed by atoms with E-state index in [1.807, 2.05) is 6.07 Å². The van der Waals surface area contributed by atoms with Crippen LogP contribution in [0.15, 0.2) is 36.4 Å². The fraction of sp³-hybridized carbons (Fsp3) is 0.600. The van der Waals surface area contributed by atoms with Crippen LogP contribution in [0.2, 0.25) is 0 Å². The van der Waals surface area contributed by atoms with Crippen LogP contribution < -0.4 is 14.4 Å². The van der Waals surface area contributed by atoms with Gasteiger partial charge in [0.15, 0.2) is 11.5 Å². The minimum absolute atomic E-state index is 0.390. The van der Waals surface area contributed by atoms with E-state index in [2.05, 4.69) is 68.8 Å². The van der Waals surface area contributed by atoms with Gasteiger partial charge in [-0.3, -0.25) is 4.90 Å². The predicted octanol–water partition coefficient (Wildman–Crippen LogP) is 6.05. The van der Waals surface area contributed by atoms with Gasteiger partial charge in [-0.25, -0.2) is 0 Å². The van der Waals surface area contributed by atoms with Crippen LogP contribution in [0.4, 0.5) is 5.69 Å². The van der Waals surface area contributed by atoms with E-state index in [0.717, 1.165) is 36.2 Å². The highest BCUT2D eigenvalue weighted by Gasteiger charge is 2.28. The Morgan fingerprint density at radius 2 is 1.48 bits per heavy atom. The van der Waals surface area contributed by atoms with Crippen molar-refractivity contribution in [1.82, 2.24) is 19.7 Å². The third-order valence-corrected chi connectivity index (χ3v) is 9.97. The lowest BCUT2D eigenvalue weighted by atomic mass is 9.95. The molecule has 3 aromatic rings. The van der Waals surface area contributed by atoms with Crippen molar-refractivity contribution >= 4 is 16.6 Å². The fourth-order valence-corrected chi connectivity index (χ4v) is 7.58. The summed E-state index contributed by atoms with van der Waals surface area (Å²) in [6.45, 7) is 17.0. The van der Waals surface area contributed by atoms with E-state index in [9.17, 15) is 0 Å². The van der Waals surface area contributed by atoms with Crippen molar-refractivity contribution in [2.24, 2.45) is 0 Å². The van der Waals surface area contributed by atoms with Crippen molar-refractivity contribution in [3.8, 4) is 22.8 Å². The number of hydrogen-bond acceptors (Lipinski definition) is 6. The van der Waals surface area contributed by atoms with Crippen molar-refractivity contribution < 1.29 is 9.47 Å². The number of hydrogen-bond donors (Lipinski definition) is 1. The van der Waals surface area contributed by atoms with Crippen LogP contribution in [-0.2, 0) is 0 Å². The van der Waals surface area contributed by atoms with Gasteiger partial charge in [-0.2, -0.15) is 0 Å². The molecule has 7 nitrogen and oxygen atoms in total. The molecule has 3 saturated heterocycles. The van der Waals surface area contributed by atoms with Gasteiger partial charge in [-0.05, 0) is 106 Å². The Hall–Kier alpha value is -2.74. The van der Waals surface area contributed by atoms with E-state index >= 15 is 0 Å². The lowest BCUT2D eigenvalue weighted by molar-refractivity contribution is 0.0828. The predicted molar refractivity (Wildman–Crippen MR) is 174 cm³/mol. The first-order valence-corrected chi connectivity index (χ1v) is 16.4. The second-order valence-corrected chi connectivity index (χ2v) is 12.9. The molecule has 0 amide bonds. The van der Waals surface area contributed by atoms with Gasteiger partial charge in [0.25, 0.3) is 0 Å². The molecule has 0 radical (unpaired) electrons. The molecule has 1 aromatic heterocycles. The van der Waals surface area contributed by atoms with E-state index in [0.29, 0.717) is 5.92 Å². The fourth-order valence-electron chi connectivity index (χ4n) is 7.58. The van der Waals surface area contributed by atoms with Gasteiger partial charge >= 0.3 is 0 Å². The summed E-state index contributed by atoms with van der Waals surface area (Å²) in [7, 11) is 3.38. The topological polar surface area (TPSA) is 47.2 Å². The summed E-state index contributed by atoms with van der Waals surface area (Å²) in [5, 5.41) is 1.33. The van der Waals surface area contributed by atoms with Gasteiger partial charge < -0.3 is 29.2 Å². The zero-order valence-electron chi connectivity index (χ0n) is 26.3. The summed E-state index contributed by atoms with van der Waals surface area (Å²) in [5.41, 5.74) is 6.21. The number of aromatic amines is 1. The Kier molecular flexibility index (Phi) is 9.27. The first-order valence-electron chi connectivity index (χ1n) is 16.4. The van der Waals surface area contributed by atoms with Crippen LogP contribution >= 0.6 is 0 Å². The molecule has 1 N–H and O–H groups in total. The highest BCUT2D eigenvalue weighted by molar-refractivity contribution is 5.93. The maximum atomic E-state index is 5.61. The molecular formula is C35H51N5O2. The normalized spacial score (nSPS) is 19.8. The number of nitrogens with zero attached hydrogens (tertiary/aromatic N) is 4. The van der Waals surface area contributed by atoms with Crippen LogP contribution in [0, 0.1) is 0 Å². The van der Waals surface area contributed by atoms with Gasteiger partial charge in [0, 0.05) is 67.5 Å². The molecule has 0 unspecified atom stereocenters. The van der Waals surface area contributed by atoms with Crippen LogP contribution in [0.5, 0.6) is 11.5 Å². The summed E-state index contributed by atoms with van der Waals surface area (Å²) < 4.78 is 11.1. The number of methoxy groups -OCH3 is 2. The summed E-state index contributed by atoms with van der Waals surface area (Å²) in [6.07, 6.45) is 6.65. The van der Waals surface area contributed by atoms with E-state index in [1.54, 1.807) is 14.2 Å². The summed E-state index contributed by atoms with van der Waals surface area (Å²) in [4.78, 5) is 14.5. The molecule has 0 spiro atoms. The minimum Gasteiger partial charge on any atom is -0.493 e. The second kappa shape index (κ2) is 13.3. The van der Waals surface area contributed by atoms with Crippen molar-refractivity contribution in [2.75, 3.05) is 84.6 Å². The van der Waals surface area contributed by atoms with Crippen molar-refractivity contribution in [3.05, 3.63) is 42.0 Å². The Morgan fingerprint density at radius 1 is 0.786 bits per heavy atom. The number of anilines is 1. The second-order valence-electron chi connectivity index (χ2n) is 12.9. The Bertz CT molecular complexity index is 1310. The lowest BCUT2D eigenvalue weighted by Crippen LogP contribution is -2.53. The molecule has 42 heavy (non-hydrogen) atoms. The van der Waals surface area contributed by atoms with Crippen LogP contribution in [0.25, 0.3) is 22.2 Å². The number of benzene rings is 2. The number of rotatable bonds is 10. The van der Waals surface area contributed by atoms with Crippen LogP contribution in [0.1, 0.15) is 57.4 Å². The average molecular weight is 574 g/mol. The molecule has 0 bridgehead atoms. The standard InChI is InChI=1S/C35H51N5O2/c1-26(2)34-30-25-29(9-10-31(30)36-35(34)27-8-11-32(41-3)33(24-27)42-4)39-18-12-28(13-19-39)40-22-20-38(21-23-40)17-7-16-37-14-5-6-15-37/h8-11,24-26,28,36H,5-7,12-23H2,1-4H3. The van der Waals surface area contributed by atoms with Gasteiger partial charge in [0.1, 0.15) is 0 Å². The van der Waals surface area contributed by atoms with E-state index < -0.39 is 0 Å². The number of ether oxygens (including phenoxy) is 2. The molecule has 0 saturated carbocycles. The molecule has 7 heteroatoms. The summed E-state index contributed by atoms with van der Waals surface area (Å²) in [5.74, 6) is 1.90. The van der Waals surface area contributed by atoms with Crippen molar-refractivity contribution in [2.45, 2.75) is 57.9 Å². The molecule has 6 rings (SSSR count). The number of nitrogens with one attached hydrogen (secondary N) is 1. The SMILES string of the molecule is COc1ccc(-c2[nH]c3ccc(N4CCC(N5CCN(CCCN6CCCC6)CC5)CC4)cc3c2C(C)C)cc1OC. The van der Waals surface area contributed by atoms with E-state index in [1.165, 1.54) is 112 Å². The van der Waals surface area contributed by atoms with Crippen LogP contribution in [0.3, 0.4) is 0 Å². The minimum atomic E-state index is 0.390. The molecule has 4 heterocycles. The Balaban J connectivity index is 1.07. The van der Waals surface area contributed by atoms with Crippen LogP contribution in [-0.4, -0.2) is 105 Å². The molecule has 3 fully saturated rings.